The molecule has 0 aromatic carbocycles. The average Bonchev–Trinajstić information content (AvgIpc) is 2.98. The number of sulfonamides is 1. The highest BCUT2D eigenvalue weighted by atomic mass is 32.2. The quantitative estimate of drug-likeness (QED) is 0.834. The van der Waals surface area contributed by atoms with E-state index in [1.807, 2.05) is 0 Å². The molecule has 0 atom stereocenters. The van der Waals surface area contributed by atoms with Crippen molar-refractivity contribution in [3.8, 4) is 0 Å². The van der Waals surface area contributed by atoms with Gasteiger partial charge in [-0.25, -0.2) is 13.1 Å². The van der Waals surface area contributed by atoms with Crippen molar-refractivity contribution in [3.63, 3.8) is 0 Å². The average molecular weight is 273 g/mol. The van der Waals surface area contributed by atoms with Crippen LogP contribution in [0.1, 0.15) is 10.6 Å². The molecule has 3 N–H and O–H groups in total. The molecule has 0 fully saturated rings. The van der Waals surface area contributed by atoms with Gasteiger partial charge in [-0.1, -0.05) is 5.16 Å². The van der Waals surface area contributed by atoms with Gasteiger partial charge in [-0.05, 0) is 6.07 Å². The second-order valence-electron chi connectivity index (χ2n) is 3.26. The molecule has 0 unspecified atom stereocenters. The molecule has 92 valence electrons. The topological polar surface area (TPSA) is 98.2 Å². The molecule has 0 amide bonds. The number of nitrogens with one attached hydrogen (secondary N) is 1. The van der Waals surface area contributed by atoms with Crippen molar-refractivity contribution in [2.75, 3.05) is 0 Å². The van der Waals surface area contributed by atoms with E-state index in [2.05, 4.69) is 9.88 Å². The number of thiophene rings is 1. The largest absolute Gasteiger partial charge is 0.360 e. The first-order chi connectivity index (χ1) is 8.12. The van der Waals surface area contributed by atoms with Crippen molar-refractivity contribution in [3.05, 3.63) is 34.3 Å². The van der Waals surface area contributed by atoms with Gasteiger partial charge < -0.3 is 10.3 Å². The molecular weight excluding hydrogens is 262 g/mol. The first-order valence-corrected chi connectivity index (χ1v) is 7.15. The predicted octanol–water partition coefficient (Wildman–Crippen LogP) is 0.673. The van der Waals surface area contributed by atoms with Crippen molar-refractivity contribution >= 4 is 21.4 Å². The van der Waals surface area contributed by atoms with E-state index in [-0.39, 0.29) is 11.4 Å². The molecule has 2 aromatic heterocycles. The molecule has 0 aliphatic heterocycles. The van der Waals surface area contributed by atoms with Crippen LogP contribution in [0.25, 0.3) is 0 Å². The smallest absolute Gasteiger partial charge is 0.241 e. The number of nitrogens with two attached hydrogens (primary N) is 1. The van der Waals surface area contributed by atoms with Gasteiger partial charge in [0.15, 0.2) is 5.76 Å². The number of rotatable bonds is 5. The second-order valence-corrected chi connectivity index (χ2v) is 6.02. The van der Waals surface area contributed by atoms with Crippen LogP contribution < -0.4 is 10.5 Å². The summed E-state index contributed by atoms with van der Waals surface area (Å²) in [5.41, 5.74) is 5.43. The Bertz CT molecular complexity index is 574. The number of nitrogens with zero attached hydrogens (tertiary/aromatic N) is 1. The minimum atomic E-state index is -3.51. The third-order valence-corrected chi connectivity index (χ3v) is 4.56. The third-order valence-electron chi connectivity index (χ3n) is 2.07. The Morgan fingerprint density at radius 3 is 2.94 bits per heavy atom. The monoisotopic (exact) mass is 273 g/mol. The molecular formula is C9H11N3O3S2. The summed E-state index contributed by atoms with van der Waals surface area (Å²) in [7, 11) is -3.51. The normalized spacial score (nSPS) is 11.8. The summed E-state index contributed by atoms with van der Waals surface area (Å²) in [4.78, 5) is 1.05. The fourth-order valence-electron chi connectivity index (χ4n) is 1.19. The molecule has 0 bridgehead atoms. The van der Waals surface area contributed by atoms with E-state index < -0.39 is 10.0 Å². The van der Waals surface area contributed by atoms with Gasteiger partial charge >= 0.3 is 0 Å². The Hall–Kier alpha value is -1.22. The van der Waals surface area contributed by atoms with Crippen molar-refractivity contribution in [2.24, 2.45) is 5.73 Å². The highest BCUT2D eigenvalue weighted by Crippen LogP contribution is 2.18. The molecule has 0 saturated heterocycles. The van der Waals surface area contributed by atoms with E-state index in [4.69, 9.17) is 10.3 Å². The Labute approximate surface area is 102 Å². The molecule has 17 heavy (non-hydrogen) atoms. The van der Waals surface area contributed by atoms with E-state index in [1.165, 1.54) is 17.5 Å². The number of hydrogen-bond donors (Lipinski definition) is 2. The first-order valence-electron chi connectivity index (χ1n) is 4.78. The minimum Gasteiger partial charge on any atom is -0.360 e. The predicted molar refractivity (Wildman–Crippen MR) is 62.7 cm³/mol. The van der Waals surface area contributed by atoms with Gasteiger partial charge in [0.25, 0.3) is 0 Å². The molecule has 0 aliphatic carbocycles. The van der Waals surface area contributed by atoms with E-state index in [1.54, 1.807) is 17.5 Å². The van der Waals surface area contributed by atoms with Crippen LogP contribution in [0.5, 0.6) is 0 Å². The maximum absolute atomic E-state index is 11.8. The summed E-state index contributed by atoms with van der Waals surface area (Å²) < 4.78 is 30.9. The Morgan fingerprint density at radius 1 is 1.53 bits per heavy atom. The molecule has 2 rings (SSSR count). The molecule has 8 heteroatoms. The van der Waals surface area contributed by atoms with Crippen molar-refractivity contribution in [1.82, 2.24) is 9.88 Å². The Morgan fingerprint density at radius 2 is 2.35 bits per heavy atom. The van der Waals surface area contributed by atoms with E-state index in [9.17, 15) is 8.42 Å². The lowest BCUT2D eigenvalue weighted by molar-refractivity contribution is 0.380. The summed E-state index contributed by atoms with van der Waals surface area (Å²) >= 11 is 1.32. The molecule has 0 spiro atoms. The van der Waals surface area contributed by atoms with E-state index >= 15 is 0 Å². The van der Waals surface area contributed by atoms with Crippen LogP contribution in [0.15, 0.2) is 33.1 Å². The summed E-state index contributed by atoms with van der Waals surface area (Å²) in [5, 5.41) is 5.05. The minimum absolute atomic E-state index is 0.0795. The SMILES string of the molecule is NCc1cc(S(=O)(=O)NCc2ccno2)cs1. The maximum Gasteiger partial charge on any atom is 0.241 e. The highest BCUT2D eigenvalue weighted by Gasteiger charge is 2.16. The van der Waals surface area contributed by atoms with E-state index in [0.717, 1.165) is 4.88 Å². The first kappa shape index (κ1) is 12.2. The molecule has 0 saturated carbocycles. The van der Waals surface area contributed by atoms with Gasteiger partial charge in [0.05, 0.1) is 17.6 Å². The van der Waals surface area contributed by atoms with Crippen molar-refractivity contribution < 1.29 is 12.9 Å². The summed E-state index contributed by atoms with van der Waals surface area (Å²) in [6, 6.07) is 3.16. The van der Waals surface area contributed by atoms with Gasteiger partial charge in [-0.3, -0.25) is 0 Å². The van der Waals surface area contributed by atoms with Crippen LogP contribution in [0.3, 0.4) is 0 Å². The third kappa shape index (κ3) is 2.91. The van der Waals surface area contributed by atoms with Crippen LogP contribution in [0, 0.1) is 0 Å². The zero-order valence-corrected chi connectivity index (χ0v) is 10.4. The van der Waals surface area contributed by atoms with Gasteiger partial charge in [-0.15, -0.1) is 11.3 Å². The standard InChI is InChI=1S/C9H11N3O3S2/c10-4-8-3-9(6-16-8)17(13,14)12-5-7-1-2-11-15-7/h1-3,6,12H,4-5,10H2. The van der Waals surface area contributed by atoms with Crippen LogP contribution >= 0.6 is 11.3 Å². The summed E-state index contributed by atoms with van der Waals surface area (Å²) in [6.07, 6.45) is 1.46. The number of aromatic nitrogens is 1. The molecule has 0 radical (unpaired) electrons. The lowest BCUT2D eigenvalue weighted by Gasteiger charge is -2.01. The van der Waals surface area contributed by atoms with Gasteiger partial charge in [0, 0.05) is 22.9 Å². The van der Waals surface area contributed by atoms with Crippen LogP contribution in [0.2, 0.25) is 0 Å². The van der Waals surface area contributed by atoms with Crippen molar-refractivity contribution in [1.29, 1.82) is 0 Å². The van der Waals surface area contributed by atoms with Crippen molar-refractivity contribution in [2.45, 2.75) is 18.0 Å². The van der Waals surface area contributed by atoms with Gasteiger partial charge in [0.2, 0.25) is 10.0 Å². The summed E-state index contributed by atoms with van der Waals surface area (Å²) in [5.74, 6) is 0.461. The fourth-order valence-corrected chi connectivity index (χ4v) is 3.34. The van der Waals surface area contributed by atoms with Gasteiger partial charge in [-0.2, -0.15) is 0 Å². The lowest BCUT2D eigenvalue weighted by Crippen LogP contribution is -2.22. The Kier molecular flexibility index (Phi) is 3.57. The molecule has 0 aliphatic rings. The molecule has 2 aromatic rings. The zero-order chi connectivity index (χ0) is 12.3. The Balaban J connectivity index is 2.08. The molecule has 2 heterocycles. The lowest BCUT2D eigenvalue weighted by atomic mass is 10.5. The fraction of sp³-hybridized carbons (Fsp3) is 0.222. The molecule has 6 nitrogen and oxygen atoms in total. The van der Waals surface area contributed by atoms with Crippen LogP contribution in [-0.4, -0.2) is 13.6 Å². The number of hydrogen-bond acceptors (Lipinski definition) is 6. The van der Waals surface area contributed by atoms with Crippen LogP contribution in [-0.2, 0) is 23.1 Å². The van der Waals surface area contributed by atoms with Gasteiger partial charge in [0.1, 0.15) is 0 Å². The zero-order valence-electron chi connectivity index (χ0n) is 8.79. The van der Waals surface area contributed by atoms with Crippen LogP contribution in [0.4, 0.5) is 0 Å². The second kappa shape index (κ2) is 4.96. The summed E-state index contributed by atoms with van der Waals surface area (Å²) in [6.45, 7) is 0.415. The van der Waals surface area contributed by atoms with E-state index in [0.29, 0.717) is 12.3 Å². The maximum atomic E-state index is 11.8. The highest BCUT2D eigenvalue weighted by molar-refractivity contribution is 7.89.